The molecule has 2 aromatic carbocycles. The molecule has 0 saturated heterocycles. The van der Waals surface area contributed by atoms with Gasteiger partial charge < -0.3 is 9.84 Å². The molecule has 0 aliphatic heterocycles. The number of benzene rings is 2. The predicted octanol–water partition coefficient (Wildman–Crippen LogP) is 6.74. The highest BCUT2D eigenvalue weighted by atomic mass is 16.5. The summed E-state index contributed by atoms with van der Waals surface area (Å²) in [5.74, 6) is 0.0526. The molecule has 3 heteroatoms. The van der Waals surface area contributed by atoms with E-state index in [0.717, 1.165) is 42.7 Å². The molecule has 2 aromatic rings. The fourth-order valence-electron chi connectivity index (χ4n) is 3.30. The third-order valence-electron chi connectivity index (χ3n) is 4.80. The van der Waals surface area contributed by atoms with Gasteiger partial charge in [0, 0.05) is 5.56 Å². The molecule has 2 rings (SSSR count). The molecule has 0 aliphatic rings. The summed E-state index contributed by atoms with van der Waals surface area (Å²) in [6.45, 7) is 5.14. The second kappa shape index (κ2) is 11.4. The third-order valence-corrected chi connectivity index (χ3v) is 4.80. The average Bonchev–Trinajstić information content (AvgIpc) is 2.68. The lowest BCUT2D eigenvalue weighted by molar-refractivity contribution is 0.0697. The zero-order valence-corrected chi connectivity index (χ0v) is 16.7. The van der Waals surface area contributed by atoms with Gasteiger partial charge >= 0.3 is 5.97 Å². The Bertz CT molecular complexity index is 704. The molecule has 0 unspecified atom stereocenters. The first kappa shape index (κ1) is 21.0. The van der Waals surface area contributed by atoms with Crippen LogP contribution in [-0.4, -0.2) is 17.7 Å². The van der Waals surface area contributed by atoms with Crippen molar-refractivity contribution in [2.24, 2.45) is 0 Å². The third kappa shape index (κ3) is 6.42. The molecule has 0 spiro atoms. The van der Waals surface area contributed by atoms with Gasteiger partial charge in [0.05, 0.1) is 12.2 Å². The Kier molecular flexibility index (Phi) is 8.90. The summed E-state index contributed by atoms with van der Waals surface area (Å²) < 4.78 is 6.24. The molecule has 0 radical (unpaired) electrons. The number of aromatic carboxylic acids is 1. The number of para-hydroxylation sites is 1. The normalized spacial score (nSPS) is 10.7. The van der Waals surface area contributed by atoms with Crippen LogP contribution in [0.2, 0.25) is 0 Å². The summed E-state index contributed by atoms with van der Waals surface area (Å²) in [7, 11) is 0. The van der Waals surface area contributed by atoms with Crippen molar-refractivity contribution in [1.82, 2.24) is 0 Å². The van der Waals surface area contributed by atoms with Crippen LogP contribution in [0.4, 0.5) is 0 Å². The molecular formula is C24H32O3. The van der Waals surface area contributed by atoms with E-state index >= 15 is 0 Å². The molecule has 0 atom stereocenters. The first-order valence-electron chi connectivity index (χ1n) is 10.3. The quantitative estimate of drug-likeness (QED) is 0.422. The van der Waals surface area contributed by atoms with Crippen molar-refractivity contribution in [3.63, 3.8) is 0 Å². The molecule has 0 saturated carbocycles. The van der Waals surface area contributed by atoms with Crippen LogP contribution in [0.25, 0.3) is 11.1 Å². The highest BCUT2D eigenvalue weighted by Crippen LogP contribution is 2.34. The maximum Gasteiger partial charge on any atom is 0.335 e. The van der Waals surface area contributed by atoms with Crippen LogP contribution in [0.1, 0.15) is 74.7 Å². The van der Waals surface area contributed by atoms with Gasteiger partial charge in [-0.1, -0.05) is 82.7 Å². The Morgan fingerprint density at radius 3 is 2.26 bits per heavy atom. The fraction of sp³-hybridized carbons (Fsp3) is 0.458. The van der Waals surface area contributed by atoms with Crippen LogP contribution < -0.4 is 4.74 Å². The summed E-state index contributed by atoms with van der Waals surface area (Å²) >= 11 is 0. The summed E-state index contributed by atoms with van der Waals surface area (Å²) in [5, 5.41) is 9.11. The van der Waals surface area contributed by atoms with Crippen LogP contribution in [0.15, 0.2) is 42.5 Å². The van der Waals surface area contributed by atoms with Crippen LogP contribution in [0, 0.1) is 0 Å². The minimum atomic E-state index is -0.902. The second-order valence-corrected chi connectivity index (χ2v) is 7.04. The van der Waals surface area contributed by atoms with Crippen molar-refractivity contribution >= 4 is 5.97 Å². The van der Waals surface area contributed by atoms with E-state index in [1.807, 2.05) is 12.1 Å². The monoisotopic (exact) mass is 368 g/mol. The van der Waals surface area contributed by atoms with E-state index in [4.69, 9.17) is 9.84 Å². The Balaban J connectivity index is 2.12. The lowest BCUT2D eigenvalue weighted by Crippen LogP contribution is -2.03. The molecule has 0 bridgehead atoms. The van der Waals surface area contributed by atoms with Gasteiger partial charge in [-0.05, 0) is 36.1 Å². The number of carboxylic acids is 1. The van der Waals surface area contributed by atoms with E-state index in [1.165, 1.54) is 37.7 Å². The molecule has 3 nitrogen and oxygen atoms in total. The summed E-state index contributed by atoms with van der Waals surface area (Å²) in [6.07, 6.45) is 9.49. The number of carboxylic acid groups (broad SMARTS) is 1. The van der Waals surface area contributed by atoms with Crippen molar-refractivity contribution in [1.29, 1.82) is 0 Å². The Labute approximate surface area is 163 Å². The van der Waals surface area contributed by atoms with Gasteiger partial charge in [-0.3, -0.25) is 0 Å². The fourth-order valence-corrected chi connectivity index (χ4v) is 3.30. The predicted molar refractivity (Wildman–Crippen MR) is 112 cm³/mol. The van der Waals surface area contributed by atoms with Gasteiger partial charge in [0.15, 0.2) is 0 Å². The number of carbonyl (C=O) groups is 1. The molecule has 1 N–H and O–H groups in total. The van der Waals surface area contributed by atoms with Gasteiger partial charge in [-0.2, -0.15) is 0 Å². The number of hydrogen-bond donors (Lipinski definition) is 1. The zero-order valence-electron chi connectivity index (χ0n) is 16.7. The van der Waals surface area contributed by atoms with Gasteiger partial charge in [-0.15, -0.1) is 0 Å². The van der Waals surface area contributed by atoms with Crippen molar-refractivity contribution in [3.8, 4) is 16.9 Å². The van der Waals surface area contributed by atoms with E-state index in [9.17, 15) is 4.79 Å². The van der Waals surface area contributed by atoms with Crippen LogP contribution >= 0.6 is 0 Å². The van der Waals surface area contributed by atoms with E-state index in [0.29, 0.717) is 5.56 Å². The number of hydrogen-bond acceptors (Lipinski definition) is 2. The molecule has 0 fully saturated rings. The highest BCUT2D eigenvalue weighted by molar-refractivity contribution is 5.88. The van der Waals surface area contributed by atoms with Gasteiger partial charge in [-0.25, -0.2) is 4.79 Å². The van der Waals surface area contributed by atoms with E-state index in [1.54, 1.807) is 12.1 Å². The van der Waals surface area contributed by atoms with Gasteiger partial charge in [0.25, 0.3) is 0 Å². The van der Waals surface area contributed by atoms with Crippen LogP contribution in [-0.2, 0) is 6.42 Å². The lowest BCUT2D eigenvalue weighted by Gasteiger charge is -2.16. The average molecular weight is 369 g/mol. The largest absolute Gasteiger partial charge is 0.493 e. The minimum absolute atomic E-state index is 0.304. The topological polar surface area (TPSA) is 46.5 Å². The molecule has 0 amide bonds. The van der Waals surface area contributed by atoms with E-state index in [2.05, 4.69) is 32.0 Å². The Morgan fingerprint density at radius 1 is 0.889 bits per heavy atom. The first-order valence-corrected chi connectivity index (χ1v) is 10.3. The van der Waals surface area contributed by atoms with Crippen LogP contribution in [0.3, 0.4) is 0 Å². The molecule has 0 heterocycles. The van der Waals surface area contributed by atoms with E-state index in [-0.39, 0.29) is 0 Å². The molecular weight excluding hydrogens is 336 g/mol. The lowest BCUT2D eigenvalue weighted by atomic mass is 9.98. The van der Waals surface area contributed by atoms with E-state index < -0.39 is 5.97 Å². The number of aryl methyl sites for hydroxylation is 1. The Morgan fingerprint density at radius 2 is 1.59 bits per heavy atom. The maximum absolute atomic E-state index is 11.1. The standard InChI is InChI=1S/C24H32O3/c1-3-5-6-7-8-9-18-27-23-20(11-4-2)12-10-13-22(23)19-14-16-21(17-15-19)24(25)26/h10,12-17H,3-9,11,18H2,1-2H3,(H,25,26). The van der Waals surface area contributed by atoms with Gasteiger partial charge in [0.1, 0.15) is 5.75 Å². The first-order chi connectivity index (χ1) is 13.2. The molecule has 0 aromatic heterocycles. The van der Waals surface area contributed by atoms with Crippen molar-refractivity contribution < 1.29 is 14.6 Å². The maximum atomic E-state index is 11.1. The number of ether oxygens (including phenoxy) is 1. The number of unbranched alkanes of at least 4 members (excludes halogenated alkanes) is 5. The zero-order chi connectivity index (χ0) is 19.5. The molecule has 0 aliphatic carbocycles. The number of rotatable bonds is 12. The van der Waals surface area contributed by atoms with Gasteiger partial charge in [0.2, 0.25) is 0 Å². The summed E-state index contributed by atoms with van der Waals surface area (Å²) in [4.78, 5) is 11.1. The smallest absolute Gasteiger partial charge is 0.335 e. The van der Waals surface area contributed by atoms with Crippen molar-refractivity contribution in [3.05, 3.63) is 53.6 Å². The molecule has 27 heavy (non-hydrogen) atoms. The highest BCUT2D eigenvalue weighted by Gasteiger charge is 2.12. The van der Waals surface area contributed by atoms with Crippen molar-refractivity contribution in [2.45, 2.75) is 65.2 Å². The SMILES string of the molecule is CCCCCCCCOc1c(CCC)cccc1-c1ccc(C(=O)O)cc1. The summed E-state index contributed by atoms with van der Waals surface area (Å²) in [6, 6.07) is 13.3. The molecule has 146 valence electrons. The summed E-state index contributed by atoms with van der Waals surface area (Å²) in [5.41, 5.74) is 3.57. The van der Waals surface area contributed by atoms with Crippen molar-refractivity contribution in [2.75, 3.05) is 6.61 Å². The Hall–Kier alpha value is -2.29. The second-order valence-electron chi connectivity index (χ2n) is 7.04. The van der Waals surface area contributed by atoms with Crippen LogP contribution in [0.5, 0.6) is 5.75 Å². The minimum Gasteiger partial charge on any atom is -0.493 e.